The van der Waals surface area contributed by atoms with E-state index in [1.165, 1.54) is 5.56 Å². The minimum atomic E-state index is 0.104. The molecule has 2 rings (SSSR count). The van der Waals surface area contributed by atoms with Gasteiger partial charge in [-0.1, -0.05) is 43.3 Å². The second kappa shape index (κ2) is 6.79. The van der Waals surface area contributed by atoms with Crippen LogP contribution < -0.4 is 5.73 Å². The van der Waals surface area contributed by atoms with Crippen molar-refractivity contribution in [3.63, 3.8) is 0 Å². The predicted molar refractivity (Wildman–Crippen MR) is 87.4 cm³/mol. The van der Waals surface area contributed by atoms with Crippen molar-refractivity contribution in [2.75, 3.05) is 7.05 Å². The molecule has 0 saturated heterocycles. The highest BCUT2D eigenvalue weighted by Crippen LogP contribution is 2.21. The molecular formula is C17H22N4. The minimum absolute atomic E-state index is 0.104. The second-order valence-corrected chi connectivity index (χ2v) is 5.01. The monoisotopic (exact) mass is 282 g/mol. The molecule has 0 radical (unpaired) electrons. The van der Waals surface area contributed by atoms with Crippen LogP contribution in [0.5, 0.6) is 0 Å². The van der Waals surface area contributed by atoms with Gasteiger partial charge in [0.15, 0.2) is 0 Å². The van der Waals surface area contributed by atoms with Crippen LogP contribution >= 0.6 is 0 Å². The molecule has 0 amide bonds. The Kier molecular flexibility index (Phi) is 4.82. The summed E-state index contributed by atoms with van der Waals surface area (Å²) in [6.45, 7) is 2.92. The Morgan fingerprint density at radius 3 is 2.57 bits per heavy atom. The maximum atomic E-state index is 7.42. The number of nitrogens with two attached hydrogens (primary N) is 1. The first-order valence-corrected chi connectivity index (χ1v) is 7.09. The van der Waals surface area contributed by atoms with Gasteiger partial charge in [-0.15, -0.1) is 0 Å². The lowest BCUT2D eigenvalue weighted by Crippen LogP contribution is -2.19. The van der Waals surface area contributed by atoms with E-state index in [0.29, 0.717) is 0 Å². The van der Waals surface area contributed by atoms with E-state index in [-0.39, 0.29) is 5.84 Å². The van der Waals surface area contributed by atoms with Crippen LogP contribution in [-0.4, -0.2) is 22.7 Å². The third kappa shape index (κ3) is 3.75. The first-order valence-electron chi connectivity index (χ1n) is 7.09. The quantitative estimate of drug-likeness (QED) is 0.645. The normalized spacial score (nSPS) is 16.4. The molecule has 1 aliphatic heterocycles. The summed E-state index contributed by atoms with van der Waals surface area (Å²) in [6, 6.07) is 7.81. The van der Waals surface area contributed by atoms with E-state index >= 15 is 0 Å². The molecule has 1 aromatic carbocycles. The van der Waals surface area contributed by atoms with Crippen molar-refractivity contribution in [2.45, 2.75) is 19.9 Å². The van der Waals surface area contributed by atoms with Gasteiger partial charge in [-0.25, -0.2) is 0 Å². The lowest BCUT2D eigenvalue weighted by Gasteiger charge is -2.22. The second-order valence-electron chi connectivity index (χ2n) is 5.01. The van der Waals surface area contributed by atoms with Gasteiger partial charge in [-0.3, -0.25) is 5.41 Å². The third-order valence-corrected chi connectivity index (χ3v) is 3.36. The van der Waals surface area contributed by atoms with Gasteiger partial charge in [0.1, 0.15) is 11.7 Å². The number of nitrogens with one attached hydrogen (secondary N) is 1. The summed E-state index contributed by atoms with van der Waals surface area (Å²) >= 11 is 0. The van der Waals surface area contributed by atoms with Crippen LogP contribution in [0, 0.1) is 5.41 Å². The first-order chi connectivity index (χ1) is 10.1. The Hall–Kier alpha value is -2.49. The standard InChI is InChI=1S/C17H22N4/c1-3-4-5-6-16-20(2)11-12-21(16)13-14-7-9-15(10-8-14)17(18)19/h4-12H,3,13H2,1-2H3,(H3,18,19)/b5-4+,16-6+. The maximum absolute atomic E-state index is 7.42. The van der Waals surface area contributed by atoms with Crippen LogP contribution in [0.15, 0.2) is 60.7 Å². The summed E-state index contributed by atoms with van der Waals surface area (Å²) in [6.07, 6.45) is 11.5. The maximum Gasteiger partial charge on any atom is 0.122 e. The summed E-state index contributed by atoms with van der Waals surface area (Å²) in [4.78, 5) is 4.30. The van der Waals surface area contributed by atoms with Gasteiger partial charge in [-0.2, -0.15) is 0 Å². The predicted octanol–water partition coefficient (Wildman–Crippen LogP) is 3.00. The molecule has 0 unspecified atom stereocenters. The van der Waals surface area contributed by atoms with Crippen molar-refractivity contribution in [3.8, 4) is 0 Å². The number of hydrogen-bond donors (Lipinski definition) is 2. The number of benzene rings is 1. The number of nitrogens with zero attached hydrogens (tertiary/aromatic N) is 2. The molecule has 0 saturated carbocycles. The smallest absolute Gasteiger partial charge is 0.122 e. The molecule has 4 nitrogen and oxygen atoms in total. The molecule has 0 atom stereocenters. The molecule has 0 aliphatic carbocycles. The molecule has 4 heteroatoms. The van der Waals surface area contributed by atoms with Crippen molar-refractivity contribution < 1.29 is 0 Å². The number of rotatable bonds is 5. The van der Waals surface area contributed by atoms with Crippen LogP contribution in [0.25, 0.3) is 0 Å². The van der Waals surface area contributed by atoms with Crippen molar-refractivity contribution in [1.82, 2.24) is 9.80 Å². The zero-order valence-electron chi connectivity index (χ0n) is 12.6. The van der Waals surface area contributed by atoms with E-state index in [2.05, 4.69) is 47.4 Å². The Morgan fingerprint density at radius 1 is 1.24 bits per heavy atom. The van der Waals surface area contributed by atoms with E-state index in [9.17, 15) is 0 Å². The fourth-order valence-electron chi connectivity index (χ4n) is 2.16. The summed E-state index contributed by atoms with van der Waals surface area (Å²) in [5.74, 6) is 1.25. The summed E-state index contributed by atoms with van der Waals surface area (Å²) in [7, 11) is 2.04. The molecule has 1 aromatic rings. The van der Waals surface area contributed by atoms with Crippen LogP contribution in [0.1, 0.15) is 24.5 Å². The Balaban J connectivity index is 2.10. The Bertz CT molecular complexity index is 581. The van der Waals surface area contributed by atoms with Gasteiger partial charge in [0, 0.05) is 31.6 Å². The largest absolute Gasteiger partial charge is 0.384 e. The van der Waals surface area contributed by atoms with Crippen LogP contribution in [-0.2, 0) is 6.54 Å². The molecule has 0 spiro atoms. The van der Waals surface area contributed by atoms with Gasteiger partial charge >= 0.3 is 0 Å². The fraction of sp³-hybridized carbons (Fsp3) is 0.235. The van der Waals surface area contributed by atoms with Crippen LogP contribution in [0.3, 0.4) is 0 Å². The number of amidine groups is 1. The van der Waals surface area contributed by atoms with Crippen LogP contribution in [0.2, 0.25) is 0 Å². The minimum Gasteiger partial charge on any atom is -0.384 e. The highest BCUT2D eigenvalue weighted by Gasteiger charge is 2.15. The van der Waals surface area contributed by atoms with E-state index in [0.717, 1.165) is 24.4 Å². The molecule has 110 valence electrons. The number of hydrogen-bond acceptors (Lipinski definition) is 3. The molecule has 0 aromatic heterocycles. The molecule has 1 heterocycles. The van der Waals surface area contributed by atoms with Crippen LogP contribution in [0.4, 0.5) is 0 Å². The molecular weight excluding hydrogens is 260 g/mol. The van der Waals surface area contributed by atoms with Gasteiger partial charge in [0.25, 0.3) is 0 Å². The SMILES string of the molecule is CC/C=C/C=C1\N(C)C=CN1Cc1ccc(C(=N)N)cc1. The summed E-state index contributed by atoms with van der Waals surface area (Å²) in [5, 5.41) is 7.42. The summed E-state index contributed by atoms with van der Waals surface area (Å²) in [5.41, 5.74) is 7.42. The zero-order chi connectivity index (χ0) is 15.2. The van der Waals surface area contributed by atoms with E-state index in [1.54, 1.807) is 0 Å². The number of allylic oxidation sites excluding steroid dienone is 3. The number of nitrogen functional groups attached to an aromatic ring is 1. The van der Waals surface area contributed by atoms with Gasteiger partial charge in [-0.05, 0) is 18.1 Å². The average Bonchev–Trinajstić information content (AvgIpc) is 2.81. The van der Waals surface area contributed by atoms with Gasteiger partial charge in [0.2, 0.25) is 0 Å². The summed E-state index contributed by atoms with van der Waals surface area (Å²) < 4.78 is 0. The molecule has 0 bridgehead atoms. The average molecular weight is 282 g/mol. The molecule has 3 N–H and O–H groups in total. The topological polar surface area (TPSA) is 56.4 Å². The lowest BCUT2D eigenvalue weighted by atomic mass is 10.1. The van der Waals surface area contributed by atoms with Gasteiger partial charge in [0.05, 0.1) is 0 Å². The van der Waals surface area contributed by atoms with E-state index in [1.807, 2.05) is 31.3 Å². The lowest BCUT2D eigenvalue weighted by molar-refractivity contribution is 0.387. The molecule has 0 fully saturated rings. The fourth-order valence-corrected chi connectivity index (χ4v) is 2.16. The third-order valence-electron chi connectivity index (χ3n) is 3.36. The zero-order valence-corrected chi connectivity index (χ0v) is 12.6. The highest BCUT2D eigenvalue weighted by molar-refractivity contribution is 5.94. The van der Waals surface area contributed by atoms with Crippen molar-refractivity contribution in [3.05, 3.63) is 71.8 Å². The van der Waals surface area contributed by atoms with Crippen molar-refractivity contribution in [1.29, 1.82) is 5.41 Å². The van der Waals surface area contributed by atoms with Gasteiger partial charge < -0.3 is 15.5 Å². The van der Waals surface area contributed by atoms with E-state index < -0.39 is 0 Å². The molecule has 21 heavy (non-hydrogen) atoms. The van der Waals surface area contributed by atoms with Crippen molar-refractivity contribution in [2.24, 2.45) is 5.73 Å². The first kappa shape index (κ1) is 14.9. The Labute approximate surface area is 126 Å². The molecule has 1 aliphatic rings. The highest BCUT2D eigenvalue weighted by atomic mass is 15.3. The van der Waals surface area contributed by atoms with Crippen molar-refractivity contribution >= 4 is 5.84 Å². The van der Waals surface area contributed by atoms with E-state index in [4.69, 9.17) is 11.1 Å². The Morgan fingerprint density at radius 2 is 1.95 bits per heavy atom.